The molecule has 1 rings (SSSR count). The monoisotopic (exact) mass is 343 g/mol. The third kappa shape index (κ3) is 5.60. The molecule has 7 nitrogen and oxygen atoms in total. The van der Waals surface area contributed by atoms with E-state index in [4.69, 9.17) is 14.2 Å². The van der Waals surface area contributed by atoms with Crippen LogP contribution < -0.4 is 14.8 Å². The van der Waals surface area contributed by atoms with Gasteiger partial charge in [-0.1, -0.05) is 0 Å². The maximum absolute atomic E-state index is 14.1. The first kappa shape index (κ1) is 19.5. The van der Waals surface area contributed by atoms with Gasteiger partial charge in [0.25, 0.3) is 0 Å². The van der Waals surface area contributed by atoms with Crippen LogP contribution in [0.2, 0.25) is 0 Å². The van der Waals surface area contributed by atoms with Gasteiger partial charge in [-0.15, -0.1) is 0 Å². The number of carbonyl (C=O) groups is 2. The number of hydrogen-bond acceptors (Lipinski definition) is 5. The SMILES string of the molecule is COc1cc(F)c(CC(NC(=O)OC(C)(C)C)C(=O)O)cc1OC. The molecule has 2 N–H and O–H groups in total. The fraction of sp³-hybridized carbons (Fsp3) is 0.500. The van der Waals surface area contributed by atoms with E-state index < -0.39 is 29.5 Å². The Morgan fingerprint density at radius 3 is 2.21 bits per heavy atom. The van der Waals surface area contributed by atoms with Crippen LogP contribution in [0.3, 0.4) is 0 Å². The van der Waals surface area contributed by atoms with E-state index in [1.165, 1.54) is 20.3 Å². The maximum Gasteiger partial charge on any atom is 0.408 e. The first-order valence-electron chi connectivity index (χ1n) is 7.20. The molecule has 0 saturated carbocycles. The van der Waals surface area contributed by atoms with Crippen molar-refractivity contribution in [3.63, 3.8) is 0 Å². The molecule has 1 unspecified atom stereocenters. The minimum Gasteiger partial charge on any atom is -0.493 e. The van der Waals surface area contributed by atoms with E-state index in [9.17, 15) is 19.1 Å². The summed E-state index contributed by atoms with van der Waals surface area (Å²) in [6.45, 7) is 4.95. The van der Waals surface area contributed by atoms with Crippen LogP contribution in [0.5, 0.6) is 11.5 Å². The van der Waals surface area contributed by atoms with Gasteiger partial charge in [0.05, 0.1) is 14.2 Å². The fourth-order valence-electron chi connectivity index (χ4n) is 1.92. The quantitative estimate of drug-likeness (QED) is 0.823. The van der Waals surface area contributed by atoms with Crippen LogP contribution in [0, 0.1) is 5.82 Å². The third-order valence-electron chi connectivity index (χ3n) is 2.97. The van der Waals surface area contributed by atoms with Gasteiger partial charge in [-0.05, 0) is 32.4 Å². The highest BCUT2D eigenvalue weighted by Gasteiger charge is 2.26. The van der Waals surface area contributed by atoms with Gasteiger partial charge in [0.1, 0.15) is 17.5 Å². The van der Waals surface area contributed by atoms with Crippen molar-refractivity contribution < 1.29 is 33.3 Å². The predicted molar refractivity (Wildman–Crippen MR) is 84.0 cm³/mol. The maximum atomic E-state index is 14.1. The number of halogens is 1. The van der Waals surface area contributed by atoms with E-state index in [0.717, 1.165) is 6.07 Å². The van der Waals surface area contributed by atoms with Crippen molar-refractivity contribution in [1.82, 2.24) is 5.32 Å². The second-order valence-electron chi connectivity index (χ2n) is 6.04. The van der Waals surface area contributed by atoms with E-state index in [2.05, 4.69) is 5.32 Å². The van der Waals surface area contributed by atoms with Crippen molar-refractivity contribution in [3.8, 4) is 11.5 Å². The molecule has 1 atom stereocenters. The number of hydrogen-bond donors (Lipinski definition) is 2. The summed E-state index contributed by atoms with van der Waals surface area (Å²) in [6.07, 6.45) is -1.17. The zero-order valence-corrected chi connectivity index (χ0v) is 14.3. The summed E-state index contributed by atoms with van der Waals surface area (Å²) in [5, 5.41) is 11.5. The summed E-state index contributed by atoms with van der Waals surface area (Å²) >= 11 is 0. The van der Waals surface area contributed by atoms with Gasteiger partial charge < -0.3 is 24.6 Å². The minimum atomic E-state index is -1.35. The number of methoxy groups -OCH3 is 2. The van der Waals surface area contributed by atoms with Crippen molar-refractivity contribution in [1.29, 1.82) is 0 Å². The molecule has 1 aromatic carbocycles. The first-order valence-corrected chi connectivity index (χ1v) is 7.20. The van der Waals surface area contributed by atoms with Crippen LogP contribution >= 0.6 is 0 Å². The van der Waals surface area contributed by atoms with Crippen LogP contribution in [0.1, 0.15) is 26.3 Å². The lowest BCUT2D eigenvalue weighted by atomic mass is 10.0. The Balaban J connectivity index is 2.97. The Labute approximate surface area is 139 Å². The number of aliphatic carboxylic acids is 1. The largest absolute Gasteiger partial charge is 0.493 e. The summed E-state index contributed by atoms with van der Waals surface area (Å²) in [5.74, 6) is -1.53. The lowest BCUT2D eigenvalue weighted by Gasteiger charge is -2.22. The number of nitrogens with one attached hydrogen (secondary N) is 1. The molecule has 0 fully saturated rings. The summed E-state index contributed by atoms with van der Waals surface area (Å²) in [7, 11) is 2.74. The Bertz CT molecular complexity index is 611. The number of carboxylic acid groups (broad SMARTS) is 1. The molecule has 24 heavy (non-hydrogen) atoms. The number of ether oxygens (including phenoxy) is 3. The molecule has 0 heterocycles. The van der Waals surface area contributed by atoms with Gasteiger partial charge in [0.15, 0.2) is 11.5 Å². The molecular weight excluding hydrogens is 321 g/mol. The minimum absolute atomic E-state index is 0.0658. The Morgan fingerprint density at radius 2 is 1.75 bits per heavy atom. The van der Waals surface area contributed by atoms with Crippen molar-refractivity contribution >= 4 is 12.1 Å². The van der Waals surface area contributed by atoms with E-state index in [0.29, 0.717) is 0 Å². The zero-order chi connectivity index (χ0) is 18.5. The molecule has 0 saturated heterocycles. The second kappa shape index (κ2) is 7.85. The molecule has 0 aromatic heterocycles. The summed E-state index contributed by atoms with van der Waals surface area (Å²) in [4.78, 5) is 23.1. The average Bonchev–Trinajstić information content (AvgIpc) is 2.45. The topological polar surface area (TPSA) is 94.1 Å². The normalized spacial score (nSPS) is 12.2. The summed E-state index contributed by atoms with van der Waals surface area (Å²) < 4.78 is 29.2. The van der Waals surface area contributed by atoms with Gasteiger partial charge in [-0.25, -0.2) is 14.0 Å². The van der Waals surface area contributed by atoms with Crippen LogP contribution in [-0.4, -0.2) is 43.0 Å². The van der Waals surface area contributed by atoms with Crippen LogP contribution in [0.25, 0.3) is 0 Å². The Morgan fingerprint density at radius 1 is 1.21 bits per heavy atom. The summed E-state index contributed by atoms with van der Waals surface area (Å²) in [5.41, 5.74) is -0.710. The van der Waals surface area contributed by atoms with Crippen molar-refractivity contribution in [2.24, 2.45) is 0 Å². The van der Waals surface area contributed by atoms with Crippen molar-refractivity contribution in [3.05, 3.63) is 23.5 Å². The standard InChI is InChI=1S/C16H22FNO6/c1-16(2,3)24-15(21)18-11(14(19)20)6-9-7-12(22-4)13(23-5)8-10(9)17/h7-8,11H,6H2,1-5H3,(H,18,21)(H,19,20). The predicted octanol–water partition coefficient (Wildman–Crippen LogP) is 2.36. The third-order valence-corrected chi connectivity index (χ3v) is 2.97. The number of carbonyl (C=O) groups excluding carboxylic acids is 1. The van der Waals surface area contributed by atoms with Gasteiger partial charge in [-0.3, -0.25) is 0 Å². The first-order chi connectivity index (χ1) is 11.1. The average molecular weight is 343 g/mol. The van der Waals surface area contributed by atoms with Crippen molar-refractivity contribution in [2.75, 3.05) is 14.2 Å². The van der Waals surface area contributed by atoms with E-state index >= 15 is 0 Å². The van der Waals surface area contributed by atoms with E-state index in [1.54, 1.807) is 20.8 Å². The van der Waals surface area contributed by atoms with E-state index in [1.807, 2.05) is 0 Å². The number of benzene rings is 1. The Kier molecular flexibility index (Phi) is 6.39. The highest BCUT2D eigenvalue weighted by molar-refractivity contribution is 5.80. The lowest BCUT2D eigenvalue weighted by Crippen LogP contribution is -2.44. The fourth-order valence-corrected chi connectivity index (χ4v) is 1.92. The highest BCUT2D eigenvalue weighted by Crippen LogP contribution is 2.30. The summed E-state index contributed by atoms with van der Waals surface area (Å²) in [6, 6.07) is 1.08. The zero-order valence-electron chi connectivity index (χ0n) is 14.3. The molecule has 0 aliphatic rings. The molecule has 1 aromatic rings. The van der Waals surface area contributed by atoms with Crippen LogP contribution in [-0.2, 0) is 16.0 Å². The van der Waals surface area contributed by atoms with Crippen LogP contribution in [0.4, 0.5) is 9.18 Å². The smallest absolute Gasteiger partial charge is 0.408 e. The molecule has 0 bridgehead atoms. The molecule has 8 heteroatoms. The van der Waals surface area contributed by atoms with Crippen LogP contribution in [0.15, 0.2) is 12.1 Å². The highest BCUT2D eigenvalue weighted by atomic mass is 19.1. The van der Waals surface area contributed by atoms with E-state index in [-0.39, 0.29) is 23.5 Å². The van der Waals surface area contributed by atoms with Gasteiger partial charge in [0.2, 0.25) is 0 Å². The lowest BCUT2D eigenvalue weighted by molar-refractivity contribution is -0.139. The van der Waals surface area contributed by atoms with Gasteiger partial charge in [0, 0.05) is 12.5 Å². The molecule has 0 radical (unpaired) electrons. The molecular formula is C16H22FNO6. The molecule has 0 aliphatic carbocycles. The number of rotatable bonds is 6. The molecule has 0 spiro atoms. The second-order valence-corrected chi connectivity index (χ2v) is 6.04. The molecule has 134 valence electrons. The van der Waals surface area contributed by atoms with Crippen molar-refractivity contribution in [2.45, 2.75) is 38.8 Å². The number of alkyl carbamates (subject to hydrolysis) is 1. The number of amides is 1. The number of carboxylic acids is 1. The van der Waals surface area contributed by atoms with Gasteiger partial charge in [-0.2, -0.15) is 0 Å². The van der Waals surface area contributed by atoms with Gasteiger partial charge >= 0.3 is 12.1 Å². The molecule has 0 aliphatic heterocycles. The molecule has 1 amide bonds. The Hall–Kier alpha value is -2.51.